The van der Waals surface area contributed by atoms with Crippen molar-refractivity contribution < 1.29 is 4.79 Å². The fourth-order valence-electron chi connectivity index (χ4n) is 4.26. The molecule has 1 saturated heterocycles. The van der Waals surface area contributed by atoms with Crippen molar-refractivity contribution in [2.24, 2.45) is 17.6 Å². The second kappa shape index (κ2) is 8.13. The van der Waals surface area contributed by atoms with Gasteiger partial charge in [-0.25, -0.2) is 0 Å². The van der Waals surface area contributed by atoms with Crippen molar-refractivity contribution in [3.05, 3.63) is 35.9 Å². The lowest BCUT2D eigenvalue weighted by molar-refractivity contribution is -0.136. The highest BCUT2D eigenvalue weighted by atomic mass is 16.2. The lowest BCUT2D eigenvalue weighted by Gasteiger charge is -2.28. The molecule has 1 aromatic rings. The van der Waals surface area contributed by atoms with E-state index in [-0.39, 0.29) is 12.0 Å². The topological polar surface area (TPSA) is 49.6 Å². The van der Waals surface area contributed by atoms with E-state index in [9.17, 15) is 4.79 Å². The van der Waals surface area contributed by atoms with Crippen LogP contribution in [0.15, 0.2) is 30.3 Å². The van der Waals surface area contributed by atoms with E-state index in [4.69, 9.17) is 5.73 Å². The molecule has 1 amide bonds. The molecule has 1 aromatic carbocycles. The summed E-state index contributed by atoms with van der Waals surface area (Å²) in [4.78, 5) is 17.4. The molecule has 1 saturated carbocycles. The number of hydrogen-bond acceptors (Lipinski definition) is 3. The summed E-state index contributed by atoms with van der Waals surface area (Å²) in [6.45, 7) is 7.03. The Morgan fingerprint density at radius 3 is 2.71 bits per heavy atom. The highest BCUT2D eigenvalue weighted by molar-refractivity contribution is 5.79. The van der Waals surface area contributed by atoms with Crippen LogP contribution in [-0.2, 0) is 11.3 Å². The van der Waals surface area contributed by atoms with Gasteiger partial charge in [0.1, 0.15) is 0 Å². The molecular weight excluding hydrogens is 298 g/mol. The molecule has 1 aliphatic heterocycles. The molecule has 1 aliphatic carbocycles. The number of nitrogens with two attached hydrogens (primary N) is 1. The zero-order valence-electron chi connectivity index (χ0n) is 14.9. The number of carbonyl (C=O) groups is 1. The molecule has 4 heteroatoms. The number of rotatable bonds is 6. The molecule has 24 heavy (non-hydrogen) atoms. The van der Waals surface area contributed by atoms with Gasteiger partial charge in [0.15, 0.2) is 0 Å². The second-order valence-electron chi connectivity index (χ2n) is 7.45. The maximum Gasteiger partial charge on any atom is 0.227 e. The Morgan fingerprint density at radius 1 is 1.25 bits per heavy atom. The Hall–Kier alpha value is -1.39. The monoisotopic (exact) mass is 329 g/mol. The van der Waals surface area contributed by atoms with Gasteiger partial charge in [0, 0.05) is 32.2 Å². The minimum absolute atomic E-state index is 0.0618. The third-order valence-corrected chi connectivity index (χ3v) is 5.68. The van der Waals surface area contributed by atoms with Crippen LogP contribution in [-0.4, -0.2) is 47.9 Å². The Balaban J connectivity index is 1.51. The molecule has 0 radical (unpaired) electrons. The quantitative estimate of drug-likeness (QED) is 0.872. The molecule has 0 spiro atoms. The Morgan fingerprint density at radius 2 is 2.04 bits per heavy atom. The second-order valence-corrected chi connectivity index (χ2v) is 7.45. The van der Waals surface area contributed by atoms with E-state index in [0.29, 0.717) is 11.8 Å². The van der Waals surface area contributed by atoms with Gasteiger partial charge in [0.05, 0.1) is 5.92 Å². The molecule has 3 unspecified atom stereocenters. The third kappa shape index (κ3) is 4.17. The van der Waals surface area contributed by atoms with Gasteiger partial charge >= 0.3 is 0 Å². The lowest BCUT2D eigenvalue weighted by atomic mass is 10.0. The predicted octanol–water partition coefficient (Wildman–Crippen LogP) is 2.48. The van der Waals surface area contributed by atoms with Crippen molar-refractivity contribution in [3.8, 4) is 0 Å². The van der Waals surface area contributed by atoms with E-state index in [1.165, 1.54) is 12.0 Å². The molecule has 4 nitrogen and oxygen atoms in total. The Labute approximate surface area is 146 Å². The minimum atomic E-state index is 0.0618. The highest BCUT2D eigenvalue weighted by Gasteiger charge is 2.34. The van der Waals surface area contributed by atoms with Crippen LogP contribution in [0.4, 0.5) is 0 Å². The molecule has 3 rings (SSSR count). The summed E-state index contributed by atoms with van der Waals surface area (Å²) in [5.74, 6) is 0.950. The normalized spacial score (nSPS) is 27.5. The Bertz CT molecular complexity index is 533. The van der Waals surface area contributed by atoms with Crippen LogP contribution in [0.25, 0.3) is 0 Å². The summed E-state index contributed by atoms with van der Waals surface area (Å²) in [5.41, 5.74) is 7.51. The summed E-state index contributed by atoms with van der Waals surface area (Å²) in [7, 11) is 0. The van der Waals surface area contributed by atoms with E-state index < -0.39 is 0 Å². The third-order valence-electron chi connectivity index (χ3n) is 5.68. The van der Waals surface area contributed by atoms with Gasteiger partial charge < -0.3 is 10.6 Å². The van der Waals surface area contributed by atoms with Gasteiger partial charge in [0.25, 0.3) is 0 Å². The predicted molar refractivity (Wildman–Crippen MR) is 97.4 cm³/mol. The standard InChI is InChI=1S/C20H31N3O/c1-2-23(20(24)18-9-6-10-19(18)21)15-17-11-12-22(14-17)13-16-7-4-3-5-8-16/h3-5,7-8,17-19H,2,6,9-15,21H2,1H3. The van der Waals surface area contributed by atoms with Crippen molar-refractivity contribution in [1.82, 2.24) is 9.80 Å². The first kappa shape index (κ1) is 17.4. The Kier molecular flexibility index (Phi) is 5.90. The molecular formula is C20H31N3O. The summed E-state index contributed by atoms with van der Waals surface area (Å²) < 4.78 is 0. The van der Waals surface area contributed by atoms with Crippen LogP contribution in [0.2, 0.25) is 0 Å². The van der Waals surface area contributed by atoms with Crippen LogP contribution in [0.1, 0.15) is 38.2 Å². The summed E-state index contributed by atoms with van der Waals surface area (Å²) in [6, 6.07) is 10.7. The van der Waals surface area contributed by atoms with Crippen molar-refractivity contribution in [2.45, 2.75) is 45.2 Å². The zero-order valence-corrected chi connectivity index (χ0v) is 14.9. The summed E-state index contributed by atoms with van der Waals surface area (Å²) in [6.07, 6.45) is 4.26. The van der Waals surface area contributed by atoms with Gasteiger partial charge in [-0.2, -0.15) is 0 Å². The van der Waals surface area contributed by atoms with Crippen LogP contribution in [0.3, 0.4) is 0 Å². The van der Waals surface area contributed by atoms with Crippen LogP contribution in [0.5, 0.6) is 0 Å². The van der Waals surface area contributed by atoms with E-state index >= 15 is 0 Å². The molecule has 2 aliphatic rings. The lowest BCUT2D eigenvalue weighted by Crippen LogP contribution is -2.44. The first-order valence-corrected chi connectivity index (χ1v) is 9.48. The van der Waals surface area contributed by atoms with E-state index in [1.54, 1.807) is 0 Å². The molecule has 0 bridgehead atoms. The smallest absolute Gasteiger partial charge is 0.227 e. The van der Waals surface area contributed by atoms with Crippen LogP contribution >= 0.6 is 0 Å². The molecule has 132 valence electrons. The minimum Gasteiger partial charge on any atom is -0.342 e. The largest absolute Gasteiger partial charge is 0.342 e. The number of benzene rings is 1. The maximum absolute atomic E-state index is 12.8. The van der Waals surface area contributed by atoms with Gasteiger partial charge in [-0.05, 0) is 44.2 Å². The summed E-state index contributed by atoms with van der Waals surface area (Å²) >= 11 is 0. The fourth-order valence-corrected chi connectivity index (χ4v) is 4.26. The highest BCUT2D eigenvalue weighted by Crippen LogP contribution is 2.27. The van der Waals surface area contributed by atoms with Gasteiger partial charge in [0.2, 0.25) is 5.91 Å². The molecule has 3 atom stereocenters. The first-order valence-electron chi connectivity index (χ1n) is 9.48. The number of likely N-dealkylation sites (tertiary alicyclic amines) is 1. The van der Waals surface area contributed by atoms with Crippen molar-refractivity contribution >= 4 is 5.91 Å². The average molecular weight is 329 g/mol. The molecule has 0 aromatic heterocycles. The molecule has 1 heterocycles. The maximum atomic E-state index is 12.8. The summed E-state index contributed by atoms with van der Waals surface area (Å²) in [5, 5.41) is 0. The van der Waals surface area contributed by atoms with Crippen molar-refractivity contribution in [3.63, 3.8) is 0 Å². The van der Waals surface area contributed by atoms with E-state index in [1.807, 2.05) is 0 Å². The number of amides is 1. The number of hydrogen-bond donors (Lipinski definition) is 1. The number of carbonyl (C=O) groups excluding carboxylic acids is 1. The fraction of sp³-hybridized carbons (Fsp3) is 0.650. The van der Waals surface area contributed by atoms with Crippen molar-refractivity contribution in [1.29, 1.82) is 0 Å². The van der Waals surface area contributed by atoms with E-state index in [2.05, 4.69) is 47.1 Å². The van der Waals surface area contributed by atoms with Crippen LogP contribution in [0, 0.1) is 11.8 Å². The first-order chi connectivity index (χ1) is 11.7. The van der Waals surface area contributed by atoms with Gasteiger partial charge in [-0.3, -0.25) is 9.69 Å². The van der Waals surface area contributed by atoms with Crippen LogP contribution < -0.4 is 5.73 Å². The SMILES string of the molecule is CCN(CC1CCN(Cc2ccccc2)C1)C(=O)C1CCCC1N. The van der Waals surface area contributed by atoms with Gasteiger partial charge in [-0.15, -0.1) is 0 Å². The molecule has 2 fully saturated rings. The number of nitrogens with zero attached hydrogens (tertiary/aromatic N) is 2. The zero-order chi connectivity index (χ0) is 16.9. The van der Waals surface area contributed by atoms with E-state index in [0.717, 1.165) is 52.0 Å². The van der Waals surface area contributed by atoms with Gasteiger partial charge in [-0.1, -0.05) is 36.8 Å². The molecule has 2 N–H and O–H groups in total. The average Bonchev–Trinajstić information content (AvgIpc) is 3.22. The van der Waals surface area contributed by atoms with Crippen molar-refractivity contribution in [2.75, 3.05) is 26.2 Å².